The molecule has 0 fully saturated rings. The number of furan rings is 1. The Morgan fingerprint density at radius 3 is 2.76 bits per heavy atom. The fourth-order valence-corrected chi connectivity index (χ4v) is 3.13. The van der Waals surface area contributed by atoms with Gasteiger partial charge in [-0.1, -0.05) is 17.8 Å². The first kappa shape index (κ1) is 20.1. The number of aryl methyl sites for hydroxylation is 1. The highest BCUT2D eigenvalue weighted by atomic mass is 32.2. The summed E-state index contributed by atoms with van der Waals surface area (Å²) in [7, 11) is 1.77. The van der Waals surface area contributed by atoms with E-state index in [4.69, 9.17) is 4.42 Å². The lowest BCUT2D eigenvalue weighted by Crippen LogP contribution is -2.42. The highest BCUT2D eigenvalue weighted by Crippen LogP contribution is 2.25. The molecule has 0 unspecified atom stereocenters. The summed E-state index contributed by atoms with van der Waals surface area (Å²) in [6.45, 7) is 1.81. The lowest BCUT2D eigenvalue weighted by molar-refractivity contribution is -0.384. The van der Waals surface area contributed by atoms with Crippen LogP contribution < -0.4 is 10.9 Å². The van der Waals surface area contributed by atoms with Gasteiger partial charge in [0.25, 0.3) is 11.6 Å². The number of thioether (sulfide) groups is 1. The molecule has 0 saturated heterocycles. The van der Waals surface area contributed by atoms with Gasteiger partial charge < -0.3 is 8.98 Å². The van der Waals surface area contributed by atoms with Gasteiger partial charge in [-0.25, -0.2) is 0 Å². The lowest BCUT2D eigenvalue weighted by Gasteiger charge is -2.07. The van der Waals surface area contributed by atoms with Crippen LogP contribution in [0.15, 0.2) is 46.2 Å². The summed E-state index contributed by atoms with van der Waals surface area (Å²) < 4.78 is 7.00. The molecule has 2 heterocycles. The van der Waals surface area contributed by atoms with E-state index in [1.165, 1.54) is 18.2 Å². The second-order valence-corrected chi connectivity index (χ2v) is 6.80. The topological polar surface area (TPSA) is 145 Å². The molecule has 2 amide bonds. The summed E-state index contributed by atoms with van der Waals surface area (Å²) in [5.74, 6) is 0.156. The molecule has 29 heavy (non-hydrogen) atoms. The number of rotatable bonds is 6. The van der Waals surface area contributed by atoms with Gasteiger partial charge in [-0.3, -0.25) is 30.6 Å². The molecule has 2 N–H and O–H groups in total. The molecular weight excluding hydrogens is 400 g/mol. The van der Waals surface area contributed by atoms with E-state index in [0.717, 1.165) is 23.4 Å². The Bertz CT molecular complexity index is 1080. The van der Waals surface area contributed by atoms with Crippen molar-refractivity contribution >= 4 is 29.3 Å². The van der Waals surface area contributed by atoms with E-state index in [0.29, 0.717) is 16.7 Å². The first-order chi connectivity index (χ1) is 13.9. The maximum Gasteiger partial charge on any atom is 0.270 e. The first-order valence-corrected chi connectivity index (χ1v) is 9.25. The van der Waals surface area contributed by atoms with Gasteiger partial charge in [-0.2, -0.15) is 0 Å². The molecule has 0 aliphatic rings. The fraction of sp³-hybridized carbons (Fsp3) is 0.176. The van der Waals surface area contributed by atoms with Crippen LogP contribution in [0.2, 0.25) is 0 Å². The molecule has 0 bridgehead atoms. The van der Waals surface area contributed by atoms with Crippen LogP contribution >= 0.6 is 11.8 Å². The molecule has 11 nitrogen and oxygen atoms in total. The van der Waals surface area contributed by atoms with Crippen LogP contribution in [0, 0.1) is 17.0 Å². The summed E-state index contributed by atoms with van der Waals surface area (Å²) in [5, 5.41) is 19.4. The van der Waals surface area contributed by atoms with Crippen molar-refractivity contribution in [2.75, 3.05) is 5.75 Å². The minimum absolute atomic E-state index is 0.0223. The summed E-state index contributed by atoms with van der Waals surface area (Å²) >= 11 is 1.14. The maximum atomic E-state index is 12.0. The normalized spacial score (nSPS) is 10.6. The smallest absolute Gasteiger partial charge is 0.270 e. The Morgan fingerprint density at radius 2 is 2.07 bits per heavy atom. The van der Waals surface area contributed by atoms with Gasteiger partial charge in [-0.05, 0) is 19.1 Å². The standard InChI is InChI=1S/C17H16N6O5S/c1-10-13(6-7-28-10)15-19-21-17(22(15)2)29-9-14(24)18-20-16(25)11-4-3-5-12(8-11)23(26)27/h3-8H,9H2,1-2H3,(H,18,24)(H,20,25). The largest absolute Gasteiger partial charge is 0.469 e. The maximum absolute atomic E-state index is 12.0. The van der Waals surface area contributed by atoms with Crippen LogP contribution in [0.25, 0.3) is 11.4 Å². The zero-order valence-corrected chi connectivity index (χ0v) is 16.2. The van der Waals surface area contributed by atoms with E-state index in [2.05, 4.69) is 21.0 Å². The molecule has 0 spiro atoms. The van der Waals surface area contributed by atoms with Crippen molar-refractivity contribution in [2.24, 2.45) is 7.05 Å². The Kier molecular flexibility index (Phi) is 5.93. The fourth-order valence-electron chi connectivity index (χ4n) is 2.42. The van der Waals surface area contributed by atoms with E-state index in [9.17, 15) is 19.7 Å². The third kappa shape index (κ3) is 4.60. The number of nitrogens with zero attached hydrogens (tertiary/aromatic N) is 4. The van der Waals surface area contributed by atoms with E-state index < -0.39 is 16.7 Å². The molecule has 0 radical (unpaired) electrons. The highest BCUT2D eigenvalue weighted by molar-refractivity contribution is 7.99. The molecule has 0 aliphatic carbocycles. The number of aromatic nitrogens is 3. The van der Waals surface area contributed by atoms with Gasteiger partial charge in [0, 0.05) is 24.7 Å². The van der Waals surface area contributed by atoms with Crippen molar-refractivity contribution in [3.8, 4) is 11.4 Å². The van der Waals surface area contributed by atoms with Crippen LogP contribution in [0.3, 0.4) is 0 Å². The summed E-state index contributed by atoms with van der Waals surface area (Å²) in [5.41, 5.74) is 5.13. The van der Waals surface area contributed by atoms with Gasteiger partial charge in [0.15, 0.2) is 11.0 Å². The van der Waals surface area contributed by atoms with Gasteiger partial charge >= 0.3 is 0 Å². The zero-order chi connectivity index (χ0) is 21.0. The number of carbonyl (C=O) groups excluding carboxylic acids is 2. The molecule has 150 valence electrons. The van der Waals surface area contributed by atoms with Crippen molar-refractivity contribution in [3.63, 3.8) is 0 Å². The number of hydrazine groups is 1. The number of carbonyl (C=O) groups is 2. The Hall–Kier alpha value is -3.67. The molecule has 0 saturated carbocycles. The number of amides is 2. The lowest BCUT2D eigenvalue weighted by atomic mass is 10.2. The van der Waals surface area contributed by atoms with Crippen LogP contribution in [0.1, 0.15) is 16.1 Å². The average Bonchev–Trinajstić information content (AvgIpc) is 3.29. The van der Waals surface area contributed by atoms with Crippen molar-refractivity contribution in [2.45, 2.75) is 12.1 Å². The molecular formula is C17H16N6O5S. The van der Waals surface area contributed by atoms with Gasteiger partial charge in [0.05, 0.1) is 22.5 Å². The van der Waals surface area contributed by atoms with Crippen molar-refractivity contribution in [3.05, 3.63) is 58.0 Å². The number of hydrogen-bond acceptors (Lipinski definition) is 8. The van der Waals surface area contributed by atoms with Gasteiger partial charge in [0.2, 0.25) is 5.91 Å². The predicted octanol–water partition coefficient (Wildman–Crippen LogP) is 1.85. The molecule has 2 aromatic heterocycles. The predicted molar refractivity (Wildman–Crippen MR) is 103 cm³/mol. The third-order valence-electron chi connectivity index (χ3n) is 3.90. The molecule has 12 heteroatoms. The second kappa shape index (κ2) is 8.56. The van der Waals surface area contributed by atoms with E-state index >= 15 is 0 Å². The highest BCUT2D eigenvalue weighted by Gasteiger charge is 2.16. The van der Waals surface area contributed by atoms with Crippen LogP contribution in [0.4, 0.5) is 5.69 Å². The molecule has 1 aromatic carbocycles. The first-order valence-electron chi connectivity index (χ1n) is 8.27. The Labute approximate surface area is 168 Å². The number of hydrogen-bond donors (Lipinski definition) is 2. The quantitative estimate of drug-likeness (QED) is 0.352. The van der Waals surface area contributed by atoms with Gasteiger partial charge in [-0.15, -0.1) is 10.2 Å². The van der Waals surface area contributed by atoms with E-state index in [1.54, 1.807) is 23.9 Å². The molecule has 0 aliphatic heterocycles. The SMILES string of the molecule is Cc1occc1-c1nnc(SCC(=O)NNC(=O)c2cccc([N+](=O)[O-])c2)n1C. The van der Waals surface area contributed by atoms with Crippen molar-refractivity contribution < 1.29 is 18.9 Å². The zero-order valence-electron chi connectivity index (χ0n) is 15.4. The van der Waals surface area contributed by atoms with Gasteiger partial charge in [0.1, 0.15) is 5.76 Å². The Balaban J connectivity index is 1.54. The van der Waals surface area contributed by atoms with Crippen molar-refractivity contribution in [1.82, 2.24) is 25.6 Å². The van der Waals surface area contributed by atoms with Crippen LogP contribution in [0.5, 0.6) is 0 Å². The second-order valence-electron chi connectivity index (χ2n) is 5.85. The van der Waals surface area contributed by atoms with Crippen molar-refractivity contribution in [1.29, 1.82) is 0 Å². The Morgan fingerprint density at radius 1 is 1.28 bits per heavy atom. The number of nitrogens with one attached hydrogen (secondary N) is 2. The minimum Gasteiger partial charge on any atom is -0.469 e. The number of nitro groups is 1. The third-order valence-corrected chi connectivity index (χ3v) is 4.92. The van der Waals surface area contributed by atoms with E-state index in [1.807, 2.05) is 6.92 Å². The van der Waals surface area contributed by atoms with E-state index in [-0.39, 0.29) is 17.0 Å². The molecule has 0 atom stereocenters. The summed E-state index contributed by atoms with van der Waals surface area (Å²) in [4.78, 5) is 34.2. The minimum atomic E-state index is -0.663. The number of nitro benzene ring substituents is 1. The average molecular weight is 416 g/mol. The monoisotopic (exact) mass is 416 g/mol. The molecule has 3 aromatic rings. The summed E-state index contributed by atoms with van der Waals surface area (Å²) in [6.07, 6.45) is 1.56. The van der Waals surface area contributed by atoms with Crippen LogP contribution in [-0.2, 0) is 11.8 Å². The summed E-state index contributed by atoms with van der Waals surface area (Å²) in [6, 6.07) is 6.96. The number of non-ortho nitro benzene ring substituents is 1. The van der Waals surface area contributed by atoms with Crippen LogP contribution in [-0.4, -0.2) is 37.3 Å². The number of benzene rings is 1. The molecule has 3 rings (SSSR count).